The van der Waals surface area contributed by atoms with E-state index in [1.54, 1.807) is 0 Å². The molecule has 0 rings (SSSR count). The van der Waals surface area contributed by atoms with Crippen molar-refractivity contribution >= 4 is 9.17 Å². The van der Waals surface area contributed by atoms with E-state index in [1.165, 1.54) is 0 Å². The molecule has 0 aliphatic heterocycles. The molecule has 0 aromatic carbocycles. The van der Waals surface area contributed by atoms with Crippen molar-refractivity contribution < 1.29 is 53.7 Å². The first-order valence-electron chi connectivity index (χ1n) is 10.2. The molecule has 12 heteroatoms. The monoisotopic (exact) mass is 460 g/mol. The van der Waals surface area contributed by atoms with Gasteiger partial charge in [-0.25, -0.2) is 0 Å². The van der Waals surface area contributed by atoms with Crippen molar-refractivity contribution in [1.29, 1.82) is 0 Å². The number of hydrogen-bond acceptors (Lipinski definition) is 9. The SMILES string of the molecule is CC(C)[N+](CCO)(CCO)CCO.CC(C)[N+](CCO)(CCO)CCO.O=[Si]([O-])[O-]. The van der Waals surface area contributed by atoms with Gasteiger partial charge in [0.2, 0.25) is 0 Å². The smallest absolute Gasteiger partial charge is 0.102 e. The summed E-state index contributed by atoms with van der Waals surface area (Å²) in [5.41, 5.74) is 0. The lowest BCUT2D eigenvalue weighted by Crippen LogP contribution is -2.57. The van der Waals surface area contributed by atoms with Crippen LogP contribution < -0.4 is 9.59 Å². The van der Waals surface area contributed by atoms with Crippen molar-refractivity contribution in [3.05, 3.63) is 0 Å². The second-order valence-electron chi connectivity index (χ2n) is 7.56. The maximum Gasteiger partial charge on any atom is 0.102 e. The third kappa shape index (κ3) is 15.2. The van der Waals surface area contributed by atoms with Gasteiger partial charge in [-0.05, 0) is 27.7 Å². The number of hydrogen-bond donors (Lipinski definition) is 6. The zero-order valence-electron chi connectivity index (χ0n) is 18.9. The van der Waals surface area contributed by atoms with Crippen LogP contribution in [0.2, 0.25) is 0 Å². The van der Waals surface area contributed by atoms with Crippen LogP contribution in [-0.2, 0) is 4.46 Å². The summed E-state index contributed by atoms with van der Waals surface area (Å²) >= 11 is 0. The van der Waals surface area contributed by atoms with Gasteiger partial charge in [-0.3, -0.25) is 0 Å². The number of rotatable bonds is 14. The molecule has 11 nitrogen and oxygen atoms in total. The van der Waals surface area contributed by atoms with Gasteiger partial charge >= 0.3 is 0 Å². The van der Waals surface area contributed by atoms with E-state index < -0.39 is 9.17 Å². The van der Waals surface area contributed by atoms with Crippen LogP contribution in [0.5, 0.6) is 0 Å². The molecule has 30 heavy (non-hydrogen) atoms. The highest BCUT2D eigenvalue weighted by molar-refractivity contribution is 6.17. The molecule has 0 atom stereocenters. The summed E-state index contributed by atoms with van der Waals surface area (Å²) in [4.78, 5) is 17.0. The Hall–Kier alpha value is -0.703. The second kappa shape index (κ2) is 20.2. The fraction of sp³-hybridized carbons (Fsp3) is 1.00. The third-order valence-corrected chi connectivity index (χ3v) is 5.46. The zero-order chi connectivity index (χ0) is 24.2. The van der Waals surface area contributed by atoms with Crippen molar-refractivity contribution in [3.63, 3.8) is 0 Å². The van der Waals surface area contributed by atoms with Crippen molar-refractivity contribution in [3.8, 4) is 0 Å². The summed E-state index contributed by atoms with van der Waals surface area (Å²) in [6.45, 7) is 12.3. The van der Waals surface area contributed by atoms with E-state index in [1.807, 2.05) is 27.7 Å². The van der Waals surface area contributed by atoms with Crippen LogP contribution in [-0.4, -0.2) is 140 Å². The van der Waals surface area contributed by atoms with Gasteiger partial charge in [-0.1, -0.05) is 0 Å². The molecule has 0 bridgehead atoms. The molecule has 0 aliphatic rings. The molecule has 0 amide bonds. The summed E-state index contributed by atoms with van der Waals surface area (Å²) in [6, 6.07) is 0.623. The molecule has 0 saturated heterocycles. The quantitative estimate of drug-likeness (QED) is 0.110. The minimum Gasteiger partial charge on any atom is -0.672 e. The molecular weight excluding hydrogens is 416 g/mol. The minimum atomic E-state index is -3.63. The van der Waals surface area contributed by atoms with Gasteiger partial charge in [0.15, 0.2) is 0 Å². The van der Waals surface area contributed by atoms with Crippen molar-refractivity contribution in [2.45, 2.75) is 39.8 Å². The Labute approximate surface area is 182 Å². The Morgan fingerprint density at radius 2 is 0.700 bits per heavy atom. The van der Waals surface area contributed by atoms with Gasteiger partial charge in [0.05, 0.1) is 51.7 Å². The summed E-state index contributed by atoms with van der Waals surface area (Å²) in [7, 11) is -3.63. The molecule has 6 N–H and O–H groups in total. The van der Waals surface area contributed by atoms with Crippen molar-refractivity contribution in [2.75, 3.05) is 78.9 Å². The highest BCUT2D eigenvalue weighted by atomic mass is 28.3. The first-order chi connectivity index (χ1) is 14.0. The Kier molecular flexibility index (Phi) is 22.9. The summed E-state index contributed by atoms with van der Waals surface area (Å²) in [5.74, 6) is 0. The standard InChI is InChI=1S/2C9H22NO3.O3Si/c2*1-9(2)10(3-6-11,4-7-12)5-8-13;1-4(2)3/h2*9,11-13H,3-8H2,1-2H3;/q2*+1;-2. The average Bonchev–Trinajstić information content (AvgIpc) is 2.62. The van der Waals surface area contributed by atoms with E-state index in [4.69, 9.17) is 44.7 Å². The van der Waals surface area contributed by atoms with Gasteiger partial charge in [-0.15, -0.1) is 0 Å². The van der Waals surface area contributed by atoms with E-state index in [0.29, 0.717) is 60.3 Å². The molecule has 0 unspecified atom stereocenters. The van der Waals surface area contributed by atoms with Gasteiger partial charge in [0, 0.05) is 9.17 Å². The van der Waals surface area contributed by atoms with Crippen molar-refractivity contribution in [1.82, 2.24) is 0 Å². The lowest BCUT2D eigenvalue weighted by Gasteiger charge is -2.41. The molecule has 0 fully saturated rings. The van der Waals surface area contributed by atoms with Gasteiger partial charge < -0.3 is 53.7 Å². The van der Waals surface area contributed by atoms with Crippen molar-refractivity contribution in [2.24, 2.45) is 0 Å². The summed E-state index contributed by atoms with van der Waals surface area (Å²) in [5, 5.41) is 53.6. The molecular formula is C18H44N2O9Si. The van der Waals surface area contributed by atoms with Crippen LogP contribution in [0.15, 0.2) is 0 Å². The molecule has 0 radical (unpaired) electrons. The maximum absolute atomic E-state index is 8.93. The molecule has 0 aromatic heterocycles. The van der Waals surface area contributed by atoms with Gasteiger partial charge in [0.25, 0.3) is 0 Å². The predicted molar refractivity (Wildman–Crippen MR) is 109 cm³/mol. The van der Waals surface area contributed by atoms with Gasteiger partial charge in [-0.2, -0.15) is 0 Å². The van der Waals surface area contributed by atoms with Crippen LogP contribution in [0.4, 0.5) is 0 Å². The van der Waals surface area contributed by atoms with Crippen LogP contribution in [0, 0.1) is 0 Å². The fourth-order valence-corrected chi connectivity index (χ4v) is 3.41. The molecule has 0 heterocycles. The predicted octanol–water partition coefficient (Wildman–Crippen LogP) is -4.50. The largest absolute Gasteiger partial charge is 0.672 e. The van der Waals surface area contributed by atoms with E-state index >= 15 is 0 Å². The lowest BCUT2D eigenvalue weighted by atomic mass is 10.2. The first kappa shape index (κ1) is 33.9. The number of nitrogens with zero attached hydrogens (tertiary/aromatic N) is 2. The maximum atomic E-state index is 8.93. The van der Waals surface area contributed by atoms with Gasteiger partial charge in [0.1, 0.15) is 39.3 Å². The van der Waals surface area contributed by atoms with Crippen LogP contribution in [0.25, 0.3) is 0 Å². The number of aliphatic hydroxyl groups excluding tert-OH is 6. The van der Waals surface area contributed by atoms with Crippen LogP contribution in [0.1, 0.15) is 27.7 Å². The Bertz CT molecular complexity index is 334. The fourth-order valence-electron chi connectivity index (χ4n) is 3.41. The molecule has 0 spiro atoms. The van der Waals surface area contributed by atoms with E-state index in [2.05, 4.69) is 0 Å². The lowest BCUT2D eigenvalue weighted by molar-refractivity contribution is -0.948. The molecule has 0 aliphatic carbocycles. The summed E-state index contributed by atoms with van der Waals surface area (Å²) in [6.07, 6.45) is 0. The first-order valence-corrected chi connectivity index (χ1v) is 11.5. The topological polar surface area (TPSA) is 185 Å². The molecule has 184 valence electrons. The van der Waals surface area contributed by atoms with E-state index in [0.717, 1.165) is 0 Å². The minimum absolute atomic E-state index is 0.0954. The second-order valence-corrected chi connectivity index (χ2v) is 8.06. The number of quaternary nitrogens is 2. The molecule has 0 saturated carbocycles. The number of aliphatic hydroxyl groups is 6. The highest BCUT2D eigenvalue weighted by Crippen LogP contribution is 2.13. The molecule has 0 aromatic rings. The Balaban J connectivity index is -0.000000412. The van der Waals surface area contributed by atoms with E-state index in [9.17, 15) is 0 Å². The van der Waals surface area contributed by atoms with Crippen LogP contribution >= 0.6 is 0 Å². The normalized spacial score (nSPS) is 11.6. The van der Waals surface area contributed by atoms with Crippen LogP contribution in [0.3, 0.4) is 0 Å². The average molecular weight is 461 g/mol. The zero-order valence-corrected chi connectivity index (χ0v) is 19.9. The Morgan fingerprint density at radius 1 is 0.567 bits per heavy atom. The summed E-state index contributed by atoms with van der Waals surface area (Å²) < 4.78 is 9.69. The van der Waals surface area contributed by atoms with E-state index in [-0.39, 0.29) is 39.6 Å². The highest BCUT2D eigenvalue weighted by Gasteiger charge is 2.30. The Morgan fingerprint density at radius 3 is 0.767 bits per heavy atom. The third-order valence-electron chi connectivity index (χ3n) is 5.46.